The monoisotopic (exact) mass is 111 g/mol. The zero-order valence-electron chi connectivity index (χ0n) is 3.65. The predicted octanol–water partition coefficient (Wildman–Crippen LogP) is 1.34. The van der Waals surface area contributed by atoms with Crippen LogP contribution in [0.15, 0.2) is 24.5 Å². The van der Waals surface area contributed by atoms with E-state index in [1.54, 1.807) is 12.4 Å². The van der Waals surface area contributed by atoms with Crippen LogP contribution in [0.25, 0.3) is 0 Å². The molecule has 1 heterocycles. The van der Waals surface area contributed by atoms with Gasteiger partial charge in [-0.15, -0.1) is 0 Å². The molecule has 3 radical (unpaired) electrons. The second-order valence-corrected chi connectivity index (χ2v) is 0.914. The van der Waals surface area contributed by atoms with Crippen molar-refractivity contribution in [1.29, 1.82) is 0 Å². The van der Waals surface area contributed by atoms with Crippen molar-refractivity contribution >= 4 is 9.90 Å². The standard InChI is InChI=1S/C4H4N2.P/c1-2-4-6-5-3-1;/h1-4H;. The summed E-state index contributed by atoms with van der Waals surface area (Å²) in [6, 6.07) is 3.65. The van der Waals surface area contributed by atoms with Gasteiger partial charge >= 0.3 is 0 Å². The summed E-state index contributed by atoms with van der Waals surface area (Å²) in [6.45, 7) is 0. The SMILES string of the molecule is [P].c1ccnnc1. The summed E-state index contributed by atoms with van der Waals surface area (Å²) in [4.78, 5) is 0. The van der Waals surface area contributed by atoms with E-state index >= 15 is 0 Å². The minimum absolute atomic E-state index is 0. The van der Waals surface area contributed by atoms with Crippen LogP contribution in [0.2, 0.25) is 0 Å². The minimum Gasteiger partial charge on any atom is -0.159 e. The molecule has 35 valence electrons. The van der Waals surface area contributed by atoms with Gasteiger partial charge in [0.15, 0.2) is 0 Å². The van der Waals surface area contributed by atoms with Gasteiger partial charge in [-0.1, -0.05) is 0 Å². The van der Waals surface area contributed by atoms with Crippen molar-refractivity contribution in [3.8, 4) is 0 Å². The maximum atomic E-state index is 3.53. The Morgan fingerprint density at radius 1 is 0.857 bits per heavy atom. The Kier molecular flexibility index (Phi) is 3.43. The van der Waals surface area contributed by atoms with Crippen LogP contribution in [0.1, 0.15) is 0 Å². The quantitative estimate of drug-likeness (QED) is 0.472. The Morgan fingerprint density at radius 2 is 1.29 bits per heavy atom. The maximum Gasteiger partial charge on any atom is 0.0496 e. The lowest BCUT2D eigenvalue weighted by Gasteiger charge is -1.69. The molecule has 0 aliphatic heterocycles. The van der Waals surface area contributed by atoms with Crippen LogP contribution in [0.5, 0.6) is 0 Å². The summed E-state index contributed by atoms with van der Waals surface area (Å²) in [6.07, 6.45) is 3.28. The van der Waals surface area contributed by atoms with Gasteiger partial charge in [-0.3, -0.25) is 0 Å². The molecule has 0 aliphatic carbocycles. The summed E-state index contributed by atoms with van der Waals surface area (Å²) in [5.41, 5.74) is 0. The first-order chi connectivity index (χ1) is 3.00. The second-order valence-electron chi connectivity index (χ2n) is 0.914. The van der Waals surface area contributed by atoms with Crippen LogP contribution < -0.4 is 0 Å². The van der Waals surface area contributed by atoms with Crippen molar-refractivity contribution in [2.45, 2.75) is 0 Å². The third kappa shape index (κ3) is 2.24. The molecule has 0 aromatic carbocycles. The van der Waals surface area contributed by atoms with Gasteiger partial charge in [-0.25, -0.2) is 0 Å². The number of aromatic nitrogens is 2. The Morgan fingerprint density at radius 3 is 1.43 bits per heavy atom. The van der Waals surface area contributed by atoms with Crippen molar-refractivity contribution < 1.29 is 0 Å². The summed E-state index contributed by atoms with van der Waals surface area (Å²) in [5.74, 6) is 0. The first-order valence-corrected chi connectivity index (χ1v) is 1.72. The lowest BCUT2D eigenvalue weighted by molar-refractivity contribution is 1.03. The molecular formula is C4H4N2P. The molecule has 0 aliphatic rings. The number of hydrogen-bond donors (Lipinski definition) is 0. The average Bonchev–Trinajstić information content (AvgIpc) is 1.72. The molecule has 0 unspecified atom stereocenters. The largest absolute Gasteiger partial charge is 0.159 e. The first-order valence-electron chi connectivity index (χ1n) is 1.72. The lowest BCUT2D eigenvalue weighted by atomic mass is 10.6. The highest BCUT2D eigenvalue weighted by atomic mass is 31.0. The highest BCUT2D eigenvalue weighted by Gasteiger charge is 1.59. The molecule has 0 saturated carbocycles. The van der Waals surface area contributed by atoms with Gasteiger partial charge in [0, 0.05) is 22.3 Å². The molecule has 0 N–H and O–H groups in total. The molecule has 0 fully saturated rings. The topological polar surface area (TPSA) is 25.8 Å². The average molecular weight is 111 g/mol. The van der Waals surface area contributed by atoms with Gasteiger partial charge in [0.1, 0.15) is 0 Å². The van der Waals surface area contributed by atoms with Crippen LogP contribution in [0.3, 0.4) is 0 Å². The first kappa shape index (κ1) is 6.51. The molecule has 7 heavy (non-hydrogen) atoms. The Labute approximate surface area is 45.6 Å². The summed E-state index contributed by atoms with van der Waals surface area (Å²) in [5, 5.41) is 7.07. The van der Waals surface area contributed by atoms with Gasteiger partial charge in [-0.2, -0.15) is 10.2 Å². The summed E-state index contributed by atoms with van der Waals surface area (Å²) < 4.78 is 0. The maximum absolute atomic E-state index is 3.53. The van der Waals surface area contributed by atoms with Crippen molar-refractivity contribution in [1.82, 2.24) is 10.2 Å². The third-order valence-corrected chi connectivity index (χ3v) is 0.483. The van der Waals surface area contributed by atoms with Crippen molar-refractivity contribution in [2.75, 3.05) is 0 Å². The van der Waals surface area contributed by atoms with Crippen molar-refractivity contribution in [2.24, 2.45) is 0 Å². The zero-order chi connectivity index (χ0) is 4.24. The molecule has 2 nitrogen and oxygen atoms in total. The smallest absolute Gasteiger partial charge is 0.0496 e. The highest BCUT2D eigenvalue weighted by molar-refractivity contribution is 6.92. The molecule has 0 spiro atoms. The fourth-order valence-electron chi connectivity index (χ4n) is 0.253. The zero-order valence-corrected chi connectivity index (χ0v) is 4.55. The van der Waals surface area contributed by atoms with Gasteiger partial charge < -0.3 is 0 Å². The Bertz CT molecular complexity index is 81.6. The molecule has 1 aromatic rings. The Balaban J connectivity index is 0.000000360. The van der Waals surface area contributed by atoms with E-state index in [2.05, 4.69) is 10.2 Å². The number of rotatable bonds is 0. The molecule has 0 saturated heterocycles. The van der Waals surface area contributed by atoms with E-state index in [-0.39, 0.29) is 9.90 Å². The predicted molar refractivity (Wildman–Crippen MR) is 29.0 cm³/mol. The fourth-order valence-corrected chi connectivity index (χ4v) is 0.253. The molecule has 3 heteroatoms. The van der Waals surface area contributed by atoms with Gasteiger partial charge in [0.05, 0.1) is 0 Å². The minimum atomic E-state index is 0. The van der Waals surface area contributed by atoms with E-state index in [0.717, 1.165) is 0 Å². The molecule has 1 aromatic heterocycles. The second kappa shape index (κ2) is 3.69. The summed E-state index contributed by atoms with van der Waals surface area (Å²) >= 11 is 0. The Hall–Kier alpha value is -0.490. The molecule has 0 bridgehead atoms. The van der Waals surface area contributed by atoms with Crippen molar-refractivity contribution in [3.05, 3.63) is 24.5 Å². The van der Waals surface area contributed by atoms with Crippen LogP contribution in [-0.4, -0.2) is 10.2 Å². The number of hydrogen-bond acceptors (Lipinski definition) is 2. The third-order valence-electron chi connectivity index (χ3n) is 0.483. The van der Waals surface area contributed by atoms with E-state index in [0.29, 0.717) is 0 Å². The van der Waals surface area contributed by atoms with Crippen LogP contribution in [0, 0.1) is 0 Å². The van der Waals surface area contributed by atoms with Gasteiger partial charge in [0.25, 0.3) is 0 Å². The van der Waals surface area contributed by atoms with Gasteiger partial charge in [0.2, 0.25) is 0 Å². The molecular weight excluding hydrogens is 107 g/mol. The van der Waals surface area contributed by atoms with E-state index in [1.807, 2.05) is 12.1 Å². The molecule has 0 atom stereocenters. The molecule has 1 rings (SSSR count). The van der Waals surface area contributed by atoms with Crippen molar-refractivity contribution in [3.63, 3.8) is 0 Å². The lowest BCUT2D eigenvalue weighted by Crippen LogP contribution is -1.69. The highest BCUT2D eigenvalue weighted by Crippen LogP contribution is 1.68. The van der Waals surface area contributed by atoms with Crippen LogP contribution in [0.4, 0.5) is 0 Å². The van der Waals surface area contributed by atoms with E-state index in [1.165, 1.54) is 0 Å². The van der Waals surface area contributed by atoms with E-state index < -0.39 is 0 Å². The van der Waals surface area contributed by atoms with Crippen LogP contribution in [-0.2, 0) is 0 Å². The van der Waals surface area contributed by atoms with E-state index in [4.69, 9.17) is 0 Å². The fraction of sp³-hybridized carbons (Fsp3) is 0. The number of nitrogens with zero attached hydrogens (tertiary/aromatic N) is 2. The van der Waals surface area contributed by atoms with Gasteiger partial charge in [-0.05, 0) is 12.1 Å². The van der Waals surface area contributed by atoms with E-state index in [9.17, 15) is 0 Å². The normalized spacial score (nSPS) is 6.86. The van der Waals surface area contributed by atoms with Crippen LogP contribution >= 0.6 is 9.90 Å². The summed E-state index contributed by atoms with van der Waals surface area (Å²) in [7, 11) is 0. The molecule has 0 amide bonds.